The zero-order valence-electron chi connectivity index (χ0n) is 14.9. The summed E-state index contributed by atoms with van der Waals surface area (Å²) in [6.45, 7) is 19.9. The van der Waals surface area contributed by atoms with E-state index in [-0.39, 0.29) is 0 Å². The highest BCUT2D eigenvalue weighted by atomic mass is 15.3. The molecule has 120 valence electrons. The van der Waals surface area contributed by atoms with Gasteiger partial charge in [-0.15, -0.1) is 0 Å². The van der Waals surface area contributed by atoms with Gasteiger partial charge >= 0.3 is 0 Å². The molecule has 0 aromatic heterocycles. The van der Waals surface area contributed by atoms with Gasteiger partial charge in [-0.3, -0.25) is 9.80 Å². The van der Waals surface area contributed by atoms with Crippen molar-refractivity contribution in [1.82, 2.24) is 15.1 Å². The summed E-state index contributed by atoms with van der Waals surface area (Å²) in [6, 6.07) is 1.34. The lowest BCUT2D eigenvalue weighted by Crippen LogP contribution is -2.57. The van der Waals surface area contributed by atoms with Crippen molar-refractivity contribution in [2.75, 3.05) is 39.8 Å². The molecule has 3 unspecified atom stereocenters. The predicted molar refractivity (Wildman–Crippen MR) is 89.2 cm³/mol. The molecule has 1 rings (SSSR count). The van der Waals surface area contributed by atoms with Gasteiger partial charge in [0.1, 0.15) is 0 Å². The second kappa shape index (κ2) is 7.77. The molecule has 20 heavy (non-hydrogen) atoms. The fourth-order valence-corrected chi connectivity index (χ4v) is 3.14. The molecule has 0 spiro atoms. The molecule has 1 aliphatic rings. The molecule has 0 aromatic carbocycles. The van der Waals surface area contributed by atoms with E-state index in [1.54, 1.807) is 0 Å². The van der Waals surface area contributed by atoms with Gasteiger partial charge in [-0.25, -0.2) is 0 Å². The molecule has 0 amide bonds. The fraction of sp³-hybridized carbons (Fsp3) is 1.00. The van der Waals surface area contributed by atoms with E-state index in [1.807, 2.05) is 0 Å². The molecular weight excluding hydrogens is 246 g/mol. The first-order valence-corrected chi connectivity index (χ1v) is 8.42. The predicted octanol–water partition coefficient (Wildman–Crippen LogP) is 2.67. The molecule has 1 heterocycles. The van der Waals surface area contributed by atoms with Crippen LogP contribution in [0, 0.1) is 11.3 Å². The van der Waals surface area contributed by atoms with Gasteiger partial charge in [-0.1, -0.05) is 27.7 Å². The molecule has 0 bridgehead atoms. The third-order valence-electron chi connectivity index (χ3n) is 5.00. The zero-order chi connectivity index (χ0) is 15.3. The van der Waals surface area contributed by atoms with Crippen molar-refractivity contribution in [2.24, 2.45) is 11.3 Å². The molecular formula is C17H37N3. The van der Waals surface area contributed by atoms with Crippen LogP contribution in [0.25, 0.3) is 0 Å². The lowest BCUT2D eigenvalue weighted by molar-refractivity contribution is 0.0336. The Bertz CT molecular complexity index is 267. The average Bonchev–Trinajstić information content (AvgIpc) is 2.35. The maximum atomic E-state index is 3.66. The quantitative estimate of drug-likeness (QED) is 0.775. The number of likely N-dealkylation sites (N-methyl/N-ethyl adjacent to an activating group) is 1. The topological polar surface area (TPSA) is 18.5 Å². The normalized spacial score (nSPS) is 28.8. The number of rotatable bonds is 7. The van der Waals surface area contributed by atoms with Crippen molar-refractivity contribution in [1.29, 1.82) is 0 Å². The minimum Gasteiger partial charge on any atom is -0.316 e. The Kier molecular flexibility index (Phi) is 6.96. The van der Waals surface area contributed by atoms with Crippen LogP contribution in [0.3, 0.4) is 0 Å². The molecule has 1 fully saturated rings. The van der Waals surface area contributed by atoms with Crippen LogP contribution in [0.5, 0.6) is 0 Å². The largest absolute Gasteiger partial charge is 0.316 e. The van der Waals surface area contributed by atoms with Crippen LogP contribution in [-0.4, -0.2) is 61.7 Å². The standard InChI is InChI=1S/C17H37N3/c1-8-17(6,12-18-9-14(2)3)13-20-10-15(4)19(7)16(5)11-20/h14-16,18H,8-13H2,1-7H3. The Morgan fingerprint density at radius 1 is 1.20 bits per heavy atom. The van der Waals surface area contributed by atoms with Crippen molar-refractivity contribution in [3.05, 3.63) is 0 Å². The van der Waals surface area contributed by atoms with E-state index in [0.717, 1.165) is 19.0 Å². The molecule has 3 atom stereocenters. The SMILES string of the molecule is CCC(C)(CNCC(C)C)CN1CC(C)N(C)C(C)C1. The van der Waals surface area contributed by atoms with Gasteiger partial charge in [0.05, 0.1) is 0 Å². The fourth-order valence-electron chi connectivity index (χ4n) is 3.14. The molecule has 1 N–H and O–H groups in total. The minimum absolute atomic E-state index is 0.393. The van der Waals surface area contributed by atoms with Crippen molar-refractivity contribution < 1.29 is 0 Å². The average molecular weight is 284 g/mol. The minimum atomic E-state index is 0.393. The maximum absolute atomic E-state index is 3.66. The summed E-state index contributed by atoms with van der Waals surface area (Å²) in [5.41, 5.74) is 0.393. The number of nitrogens with one attached hydrogen (secondary N) is 1. The van der Waals surface area contributed by atoms with Crippen LogP contribution in [-0.2, 0) is 0 Å². The monoisotopic (exact) mass is 283 g/mol. The van der Waals surface area contributed by atoms with Gasteiger partial charge in [0.15, 0.2) is 0 Å². The molecule has 3 nitrogen and oxygen atoms in total. The van der Waals surface area contributed by atoms with Gasteiger partial charge in [-0.2, -0.15) is 0 Å². The van der Waals surface area contributed by atoms with Crippen LogP contribution in [0.1, 0.15) is 48.0 Å². The molecule has 0 aromatic rings. The third kappa shape index (κ3) is 5.34. The number of piperazine rings is 1. The summed E-state index contributed by atoms with van der Waals surface area (Å²) in [5, 5.41) is 3.66. The van der Waals surface area contributed by atoms with Crippen LogP contribution in [0.4, 0.5) is 0 Å². The zero-order valence-corrected chi connectivity index (χ0v) is 14.9. The highest BCUT2D eigenvalue weighted by Crippen LogP contribution is 2.24. The van der Waals surface area contributed by atoms with Crippen molar-refractivity contribution in [3.8, 4) is 0 Å². The van der Waals surface area contributed by atoms with Crippen LogP contribution in [0.15, 0.2) is 0 Å². The summed E-state index contributed by atoms with van der Waals surface area (Å²) in [7, 11) is 2.26. The van der Waals surface area contributed by atoms with Gasteiger partial charge in [0.25, 0.3) is 0 Å². The summed E-state index contributed by atoms with van der Waals surface area (Å²) in [6.07, 6.45) is 1.24. The highest BCUT2D eigenvalue weighted by molar-refractivity contribution is 4.87. The molecule has 0 aliphatic carbocycles. The number of hydrogen-bond acceptors (Lipinski definition) is 3. The molecule has 1 aliphatic heterocycles. The Morgan fingerprint density at radius 3 is 2.20 bits per heavy atom. The van der Waals surface area contributed by atoms with Crippen LogP contribution in [0.2, 0.25) is 0 Å². The second-order valence-electron chi connectivity index (χ2n) is 7.75. The molecule has 3 heteroatoms. The van der Waals surface area contributed by atoms with E-state index >= 15 is 0 Å². The molecule has 1 saturated heterocycles. The summed E-state index contributed by atoms with van der Waals surface area (Å²) < 4.78 is 0. The van der Waals surface area contributed by atoms with E-state index in [9.17, 15) is 0 Å². The first-order valence-electron chi connectivity index (χ1n) is 8.42. The third-order valence-corrected chi connectivity index (χ3v) is 5.00. The first kappa shape index (κ1) is 17.9. The maximum Gasteiger partial charge on any atom is 0.0195 e. The summed E-state index contributed by atoms with van der Waals surface area (Å²) in [5.74, 6) is 0.736. The van der Waals surface area contributed by atoms with Crippen molar-refractivity contribution in [2.45, 2.75) is 60.0 Å². The van der Waals surface area contributed by atoms with E-state index in [4.69, 9.17) is 0 Å². The van der Waals surface area contributed by atoms with E-state index < -0.39 is 0 Å². The number of nitrogens with zero attached hydrogens (tertiary/aromatic N) is 2. The Labute approximate surface area is 127 Å². The second-order valence-corrected chi connectivity index (χ2v) is 7.75. The van der Waals surface area contributed by atoms with E-state index in [2.05, 4.69) is 63.7 Å². The van der Waals surface area contributed by atoms with E-state index in [0.29, 0.717) is 17.5 Å². The number of hydrogen-bond donors (Lipinski definition) is 1. The van der Waals surface area contributed by atoms with Crippen molar-refractivity contribution >= 4 is 0 Å². The highest BCUT2D eigenvalue weighted by Gasteiger charge is 2.31. The molecule has 0 radical (unpaired) electrons. The van der Waals surface area contributed by atoms with Crippen molar-refractivity contribution in [3.63, 3.8) is 0 Å². The summed E-state index contributed by atoms with van der Waals surface area (Å²) >= 11 is 0. The van der Waals surface area contributed by atoms with Gasteiger partial charge in [0.2, 0.25) is 0 Å². The smallest absolute Gasteiger partial charge is 0.0195 e. The Balaban J connectivity index is 2.50. The Hall–Kier alpha value is -0.120. The van der Waals surface area contributed by atoms with E-state index in [1.165, 1.54) is 26.1 Å². The van der Waals surface area contributed by atoms with Gasteiger partial charge < -0.3 is 5.32 Å². The van der Waals surface area contributed by atoms with Crippen LogP contribution >= 0.6 is 0 Å². The lowest BCUT2D eigenvalue weighted by Gasteiger charge is -2.45. The lowest BCUT2D eigenvalue weighted by atomic mass is 9.86. The van der Waals surface area contributed by atoms with Gasteiger partial charge in [-0.05, 0) is 45.2 Å². The summed E-state index contributed by atoms with van der Waals surface area (Å²) in [4.78, 5) is 5.19. The van der Waals surface area contributed by atoms with Crippen LogP contribution < -0.4 is 5.32 Å². The Morgan fingerprint density at radius 2 is 1.75 bits per heavy atom. The first-order chi connectivity index (χ1) is 9.27. The molecule has 0 saturated carbocycles. The van der Waals surface area contributed by atoms with Gasteiger partial charge in [0, 0.05) is 38.3 Å².